The van der Waals surface area contributed by atoms with Crippen LogP contribution in [0.4, 0.5) is 5.69 Å². The van der Waals surface area contributed by atoms with Gasteiger partial charge in [0.2, 0.25) is 11.8 Å². The van der Waals surface area contributed by atoms with Crippen molar-refractivity contribution in [3.63, 3.8) is 0 Å². The van der Waals surface area contributed by atoms with Crippen LogP contribution in [0.3, 0.4) is 0 Å². The van der Waals surface area contributed by atoms with E-state index in [2.05, 4.69) is 5.32 Å². The molecule has 5 heteroatoms. The molecule has 1 aromatic carbocycles. The SMILES string of the molecule is COC(C)(C)CC(=O)N1CC(=O)Nc2ccccc2C1. The Labute approximate surface area is 118 Å². The van der Waals surface area contributed by atoms with Crippen LogP contribution in [0.15, 0.2) is 24.3 Å². The zero-order valence-electron chi connectivity index (χ0n) is 12.1. The second kappa shape index (κ2) is 5.63. The number of hydrogen-bond acceptors (Lipinski definition) is 3. The smallest absolute Gasteiger partial charge is 0.244 e. The maximum absolute atomic E-state index is 12.3. The van der Waals surface area contributed by atoms with Crippen LogP contribution < -0.4 is 5.32 Å². The normalized spacial score (nSPS) is 15.3. The highest BCUT2D eigenvalue weighted by Gasteiger charge is 2.28. The Morgan fingerprint density at radius 3 is 2.75 bits per heavy atom. The molecule has 0 radical (unpaired) electrons. The van der Waals surface area contributed by atoms with Gasteiger partial charge in [0, 0.05) is 19.3 Å². The van der Waals surface area contributed by atoms with E-state index in [0.717, 1.165) is 11.3 Å². The summed E-state index contributed by atoms with van der Waals surface area (Å²) in [6.07, 6.45) is 0.249. The summed E-state index contributed by atoms with van der Waals surface area (Å²) in [7, 11) is 1.58. The van der Waals surface area contributed by atoms with Gasteiger partial charge in [-0.3, -0.25) is 9.59 Å². The Bertz CT molecular complexity index is 526. The molecule has 0 bridgehead atoms. The molecule has 0 saturated heterocycles. The molecule has 0 spiro atoms. The highest BCUT2D eigenvalue weighted by molar-refractivity contribution is 5.96. The third-order valence-corrected chi connectivity index (χ3v) is 3.47. The first-order chi connectivity index (χ1) is 9.41. The van der Waals surface area contributed by atoms with Gasteiger partial charge in [0.05, 0.1) is 12.0 Å². The van der Waals surface area contributed by atoms with Crippen molar-refractivity contribution in [3.8, 4) is 0 Å². The predicted molar refractivity (Wildman–Crippen MR) is 76.2 cm³/mol. The number of nitrogens with one attached hydrogen (secondary N) is 1. The Morgan fingerprint density at radius 1 is 1.35 bits per heavy atom. The third kappa shape index (κ3) is 3.36. The summed E-state index contributed by atoms with van der Waals surface area (Å²) in [5, 5.41) is 2.82. The summed E-state index contributed by atoms with van der Waals surface area (Å²) < 4.78 is 5.28. The lowest BCUT2D eigenvalue weighted by molar-refractivity contribution is -0.139. The van der Waals surface area contributed by atoms with Crippen molar-refractivity contribution in [3.05, 3.63) is 29.8 Å². The van der Waals surface area contributed by atoms with Gasteiger partial charge in [-0.15, -0.1) is 0 Å². The number of benzene rings is 1. The highest BCUT2D eigenvalue weighted by Crippen LogP contribution is 2.22. The number of hydrogen-bond donors (Lipinski definition) is 1. The van der Waals surface area contributed by atoms with Gasteiger partial charge in [-0.25, -0.2) is 0 Å². The molecule has 0 aliphatic carbocycles. The van der Waals surface area contributed by atoms with Gasteiger partial charge in [0.25, 0.3) is 0 Å². The predicted octanol–water partition coefficient (Wildman–Crippen LogP) is 1.78. The average molecular weight is 276 g/mol. The van der Waals surface area contributed by atoms with Crippen LogP contribution in [0.25, 0.3) is 0 Å². The molecule has 0 fully saturated rings. The number of ether oxygens (including phenoxy) is 1. The lowest BCUT2D eigenvalue weighted by atomic mass is 10.0. The first-order valence-electron chi connectivity index (χ1n) is 6.62. The van der Waals surface area contributed by atoms with Crippen molar-refractivity contribution in [1.29, 1.82) is 0 Å². The molecule has 1 aliphatic heterocycles. The molecule has 0 saturated carbocycles. The molecule has 20 heavy (non-hydrogen) atoms. The highest BCUT2D eigenvalue weighted by atomic mass is 16.5. The maximum atomic E-state index is 12.3. The lowest BCUT2D eigenvalue weighted by Gasteiger charge is -2.26. The van der Waals surface area contributed by atoms with Crippen LogP contribution in [-0.4, -0.2) is 36.0 Å². The van der Waals surface area contributed by atoms with E-state index in [4.69, 9.17) is 4.74 Å². The fraction of sp³-hybridized carbons (Fsp3) is 0.467. The zero-order valence-corrected chi connectivity index (χ0v) is 12.1. The van der Waals surface area contributed by atoms with Crippen molar-refractivity contribution < 1.29 is 14.3 Å². The molecular weight excluding hydrogens is 256 g/mol. The molecule has 1 N–H and O–H groups in total. The number of nitrogens with zero attached hydrogens (tertiary/aromatic N) is 1. The van der Waals surface area contributed by atoms with Crippen LogP contribution in [0.5, 0.6) is 0 Å². The van der Waals surface area contributed by atoms with E-state index in [1.54, 1.807) is 12.0 Å². The Kier molecular flexibility index (Phi) is 4.09. The van der Waals surface area contributed by atoms with E-state index >= 15 is 0 Å². The number of methoxy groups -OCH3 is 1. The number of fused-ring (bicyclic) bond motifs is 1. The number of anilines is 1. The molecule has 1 heterocycles. The molecule has 0 aromatic heterocycles. The maximum Gasteiger partial charge on any atom is 0.244 e. The van der Waals surface area contributed by atoms with Gasteiger partial charge in [0.15, 0.2) is 0 Å². The van der Waals surface area contributed by atoms with Crippen molar-refractivity contribution in [2.75, 3.05) is 19.0 Å². The van der Waals surface area contributed by atoms with E-state index in [-0.39, 0.29) is 24.8 Å². The second-order valence-corrected chi connectivity index (χ2v) is 5.60. The molecule has 0 unspecified atom stereocenters. The quantitative estimate of drug-likeness (QED) is 0.915. The zero-order chi connectivity index (χ0) is 14.8. The van der Waals surface area contributed by atoms with Gasteiger partial charge in [-0.1, -0.05) is 18.2 Å². The van der Waals surface area contributed by atoms with E-state index in [1.165, 1.54) is 0 Å². The number of para-hydroxylation sites is 1. The fourth-order valence-electron chi connectivity index (χ4n) is 2.13. The fourth-order valence-corrected chi connectivity index (χ4v) is 2.13. The minimum atomic E-state index is -0.528. The number of carbonyl (C=O) groups excluding carboxylic acids is 2. The van der Waals surface area contributed by atoms with Crippen molar-refractivity contribution in [1.82, 2.24) is 4.90 Å². The molecule has 0 atom stereocenters. The summed E-state index contributed by atoms with van der Waals surface area (Å²) in [5.41, 5.74) is 1.19. The topological polar surface area (TPSA) is 58.6 Å². The van der Waals surface area contributed by atoms with E-state index in [9.17, 15) is 9.59 Å². The van der Waals surface area contributed by atoms with Gasteiger partial charge >= 0.3 is 0 Å². The molecule has 1 aromatic rings. The van der Waals surface area contributed by atoms with Gasteiger partial charge in [0.1, 0.15) is 6.54 Å². The largest absolute Gasteiger partial charge is 0.378 e. The molecule has 1 aliphatic rings. The van der Waals surface area contributed by atoms with Crippen LogP contribution >= 0.6 is 0 Å². The standard InChI is InChI=1S/C15H20N2O3/c1-15(2,20-3)8-14(19)17-9-11-6-4-5-7-12(11)16-13(18)10-17/h4-7H,8-10H2,1-3H3,(H,16,18). The van der Waals surface area contributed by atoms with Crippen LogP contribution in [0, 0.1) is 0 Å². The molecular formula is C15H20N2O3. The van der Waals surface area contributed by atoms with Crippen molar-refractivity contribution in [2.24, 2.45) is 0 Å². The molecule has 2 amide bonds. The summed E-state index contributed by atoms with van der Waals surface area (Å²) in [6.45, 7) is 4.23. The number of amides is 2. The summed E-state index contributed by atoms with van der Waals surface area (Å²) in [6, 6.07) is 7.53. The number of rotatable bonds is 3. The van der Waals surface area contributed by atoms with Crippen LogP contribution in [0.2, 0.25) is 0 Å². The van der Waals surface area contributed by atoms with Crippen LogP contribution in [-0.2, 0) is 20.9 Å². The summed E-state index contributed by atoms with van der Waals surface area (Å²) in [4.78, 5) is 25.8. The van der Waals surface area contributed by atoms with E-state index in [0.29, 0.717) is 6.54 Å². The number of carbonyl (C=O) groups is 2. The van der Waals surface area contributed by atoms with Gasteiger partial charge < -0.3 is 15.0 Å². The minimum absolute atomic E-state index is 0.0767. The molecule has 5 nitrogen and oxygen atoms in total. The Morgan fingerprint density at radius 2 is 2.05 bits per heavy atom. The Balaban J connectivity index is 2.17. The molecule has 2 rings (SSSR count). The Hall–Kier alpha value is -1.88. The first-order valence-corrected chi connectivity index (χ1v) is 6.62. The van der Waals surface area contributed by atoms with Gasteiger partial charge in [-0.2, -0.15) is 0 Å². The van der Waals surface area contributed by atoms with Crippen LogP contribution in [0.1, 0.15) is 25.8 Å². The second-order valence-electron chi connectivity index (χ2n) is 5.60. The summed E-state index contributed by atoms with van der Waals surface area (Å²) >= 11 is 0. The average Bonchev–Trinajstić information content (AvgIpc) is 2.56. The first kappa shape index (κ1) is 14.5. The minimum Gasteiger partial charge on any atom is -0.378 e. The monoisotopic (exact) mass is 276 g/mol. The van der Waals surface area contributed by atoms with E-state index in [1.807, 2.05) is 38.1 Å². The molecule has 108 valence electrons. The van der Waals surface area contributed by atoms with Crippen molar-refractivity contribution >= 4 is 17.5 Å². The van der Waals surface area contributed by atoms with E-state index < -0.39 is 5.60 Å². The summed E-state index contributed by atoms with van der Waals surface area (Å²) in [5.74, 6) is -0.248. The van der Waals surface area contributed by atoms with Gasteiger partial charge in [-0.05, 0) is 25.5 Å². The van der Waals surface area contributed by atoms with Crippen molar-refractivity contribution in [2.45, 2.75) is 32.4 Å². The third-order valence-electron chi connectivity index (χ3n) is 3.47. The lowest BCUT2D eigenvalue weighted by Crippen LogP contribution is -2.39.